The third-order valence-corrected chi connectivity index (χ3v) is 4.54. The summed E-state index contributed by atoms with van der Waals surface area (Å²) < 4.78 is 5.68. The fourth-order valence-corrected chi connectivity index (χ4v) is 2.65. The molecule has 0 aromatic carbocycles. The highest BCUT2D eigenvalue weighted by atomic mass is 16.5. The number of allylic oxidation sites excluding steroid dienone is 2. The van der Waals surface area contributed by atoms with Gasteiger partial charge in [-0.15, -0.1) is 0 Å². The van der Waals surface area contributed by atoms with Crippen LogP contribution in [0.5, 0.6) is 0 Å². The van der Waals surface area contributed by atoms with E-state index in [-0.39, 0.29) is 0 Å². The zero-order valence-corrected chi connectivity index (χ0v) is 11.2. The number of hydrogen-bond donors (Lipinski definition) is 2. The molecule has 0 aromatic rings. The van der Waals surface area contributed by atoms with Crippen LogP contribution in [0.2, 0.25) is 0 Å². The van der Waals surface area contributed by atoms with E-state index in [1.165, 1.54) is 19.3 Å². The molecule has 1 fully saturated rings. The van der Waals surface area contributed by atoms with Crippen molar-refractivity contribution in [1.29, 1.82) is 0 Å². The van der Waals surface area contributed by atoms with Crippen LogP contribution in [0.3, 0.4) is 0 Å². The molecule has 1 saturated carbocycles. The molecule has 0 spiro atoms. The lowest BCUT2D eigenvalue weighted by atomic mass is 9.70. The Balaban J connectivity index is 2.03. The second-order valence-electron chi connectivity index (χ2n) is 6.48. The molecule has 2 bridgehead atoms. The Morgan fingerprint density at radius 3 is 2.35 bits per heavy atom. The predicted octanol–water partition coefficient (Wildman–Crippen LogP) is 1.93. The van der Waals surface area contributed by atoms with Crippen LogP contribution in [0, 0.1) is 11.8 Å². The summed E-state index contributed by atoms with van der Waals surface area (Å²) in [6, 6.07) is 0. The molecule has 4 heteroatoms. The van der Waals surface area contributed by atoms with Gasteiger partial charge in [0.2, 0.25) is 0 Å². The van der Waals surface area contributed by atoms with Crippen LogP contribution >= 0.6 is 0 Å². The Morgan fingerprint density at radius 1 is 1.29 bits per heavy atom. The monoisotopic (exact) mass is 238 g/mol. The number of rotatable bonds is 4. The van der Waals surface area contributed by atoms with Gasteiger partial charge < -0.3 is 14.8 Å². The summed E-state index contributed by atoms with van der Waals surface area (Å²) in [6.45, 7) is 7.03. The van der Waals surface area contributed by atoms with Crippen molar-refractivity contribution in [2.75, 3.05) is 0 Å². The third kappa shape index (κ3) is 2.44. The van der Waals surface area contributed by atoms with Gasteiger partial charge >= 0.3 is 7.12 Å². The Hall–Kier alpha value is -0.315. The van der Waals surface area contributed by atoms with Crippen LogP contribution in [0.4, 0.5) is 0 Å². The first kappa shape index (κ1) is 13.1. The minimum atomic E-state index is -0.980. The molecular formula is C13H23BO3. The maximum Gasteiger partial charge on any atom is 0.487 e. The first-order valence-electron chi connectivity index (χ1n) is 6.50. The molecule has 2 aliphatic carbocycles. The molecule has 2 unspecified atom stereocenters. The van der Waals surface area contributed by atoms with Crippen LogP contribution < -0.4 is 0 Å². The van der Waals surface area contributed by atoms with E-state index in [9.17, 15) is 10.1 Å². The van der Waals surface area contributed by atoms with Crippen LogP contribution in [0.1, 0.15) is 47.0 Å². The van der Waals surface area contributed by atoms with Crippen LogP contribution in [-0.2, 0) is 4.65 Å². The number of fused-ring (bicyclic) bond motifs is 2. The third-order valence-electron chi connectivity index (χ3n) is 4.54. The summed E-state index contributed by atoms with van der Waals surface area (Å²) in [5.74, 6) is 1.13. The van der Waals surface area contributed by atoms with Crippen molar-refractivity contribution in [3.05, 3.63) is 11.5 Å². The van der Waals surface area contributed by atoms with Crippen molar-refractivity contribution in [3.8, 4) is 0 Å². The van der Waals surface area contributed by atoms with E-state index in [0.717, 1.165) is 5.47 Å². The van der Waals surface area contributed by atoms with Crippen molar-refractivity contribution < 1.29 is 14.8 Å². The summed E-state index contributed by atoms with van der Waals surface area (Å²) in [4.78, 5) is 0. The van der Waals surface area contributed by atoms with Gasteiger partial charge in [-0.2, -0.15) is 0 Å². The lowest BCUT2D eigenvalue weighted by Crippen LogP contribution is -2.51. The van der Waals surface area contributed by atoms with Crippen molar-refractivity contribution in [2.45, 2.75) is 58.2 Å². The van der Waals surface area contributed by atoms with Gasteiger partial charge in [0.15, 0.2) is 0 Å². The summed E-state index contributed by atoms with van der Waals surface area (Å²) in [5.41, 5.74) is -0.722. The maximum absolute atomic E-state index is 10.2. The van der Waals surface area contributed by atoms with Gasteiger partial charge in [0.25, 0.3) is 0 Å². The fourth-order valence-electron chi connectivity index (χ4n) is 2.65. The molecule has 2 N–H and O–H groups in total. The van der Waals surface area contributed by atoms with Gasteiger partial charge in [0.05, 0.1) is 11.2 Å². The summed E-state index contributed by atoms with van der Waals surface area (Å²) in [6.07, 6.45) is 5.74. The first-order chi connectivity index (χ1) is 7.71. The van der Waals surface area contributed by atoms with Gasteiger partial charge in [-0.1, -0.05) is 6.08 Å². The lowest BCUT2D eigenvalue weighted by molar-refractivity contribution is -0.0991. The van der Waals surface area contributed by atoms with Gasteiger partial charge in [0, 0.05) is 0 Å². The quantitative estimate of drug-likeness (QED) is 0.736. The highest BCUT2D eigenvalue weighted by Gasteiger charge is 2.44. The standard InChI is InChI=1S/C13H23BO3/c1-12(2,15)13(3,4)17-14(16)11-8-9-5-6-10(11)7-9/h8-10,15-16H,5-7H2,1-4H3. The minimum Gasteiger partial charge on any atom is -0.423 e. The van der Waals surface area contributed by atoms with Crippen LogP contribution in [0.15, 0.2) is 11.5 Å². The van der Waals surface area contributed by atoms with Crippen molar-refractivity contribution in [1.82, 2.24) is 0 Å². The molecule has 0 radical (unpaired) electrons. The van der Waals surface area contributed by atoms with E-state index < -0.39 is 18.3 Å². The molecule has 2 atom stereocenters. The second kappa shape index (κ2) is 4.11. The Morgan fingerprint density at radius 2 is 1.94 bits per heavy atom. The van der Waals surface area contributed by atoms with Crippen molar-refractivity contribution >= 4 is 7.12 Å². The highest BCUT2D eigenvalue weighted by Crippen LogP contribution is 2.44. The van der Waals surface area contributed by atoms with E-state index in [1.54, 1.807) is 13.8 Å². The Kier molecular flexibility index (Phi) is 3.17. The van der Waals surface area contributed by atoms with Gasteiger partial charge in [-0.05, 0) is 64.3 Å². The van der Waals surface area contributed by atoms with E-state index in [4.69, 9.17) is 4.65 Å². The summed E-state index contributed by atoms with van der Waals surface area (Å²) in [7, 11) is -0.869. The number of aliphatic hydroxyl groups is 1. The van der Waals surface area contributed by atoms with Crippen LogP contribution in [-0.4, -0.2) is 28.5 Å². The van der Waals surface area contributed by atoms with E-state index >= 15 is 0 Å². The maximum atomic E-state index is 10.2. The second-order valence-corrected chi connectivity index (χ2v) is 6.48. The molecule has 0 aliphatic heterocycles. The smallest absolute Gasteiger partial charge is 0.423 e. The molecular weight excluding hydrogens is 215 g/mol. The average molecular weight is 238 g/mol. The van der Waals surface area contributed by atoms with E-state index in [1.807, 2.05) is 13.8 Å². The summed E-state index contributed by atoms with van der Waals surface area (Å²) >= 11 is 0. The summed E-state index contributed by atoms with van der Waals surface area (Å²) in [5, 5.41) is 20.2. The van der Waals surface area contributed by atoms with Crippen molar-refractivity contribution in [2.24, 2.45) is 11.8 Å². The number of hydrogen-bond acceptors (Lipinski definition) is 3. The average Bonchev–Trinajstić information content (AvgIpc) is 2.75. The molecule has 0 heterocycles. The van der Waals surface area contributed by atoms with Crippen LogP contribution in [0.25, 0.3) is 0 Å². The Labute approximate surface area is 104 Å². The predicted molar refractivity (Wildman–Crippen MR) is 68.3 cm³/mol. The molecule has 0 saturated heterocycles. The normalized spacial score (nSPS) is 28.5. The SMILES string of the molecule is CC(C)(O)C(C)(C)OB(O)C1=CC2CCC1C2. The zero-order valence-electron chi connectivity index (χ0n) is 11.2. The fraction of sp³-hybridized carbons (Fsp3) is 0.846. The molecule has 2 aliphatic rings. The Bertz CT molecular complexity index is 330. The molecule has 0 aromatic heterocycles. The van der Waals surface area contributed by atoms with Crippen molar-refractivity contribution in [3.63, 3.8) is 0 Å². The first-order valence-corrected chi connectivity index (χ1v) is 6.50. The zero-order chi connectivity index (χ0) is 12.8. The highest BCUT2D eigenvalue weighted by molar-refractivity contribution is 6.52. The van der Waals surface area contributed by atoms with Gasteiger partial charge in [-0.25, -0.2) is 0 Å². The molecule has 17 heavy (non-hydrogen) atoms. The minimum absolute atomic E-state index is 0.493. The molecule has 96 valence electrons. The van der Waals surface area contributed by atoms with E-state index in [2.05, 4.69) is 6.08 Å². The molecule has 0 amide bonds. The molecule has 2 rings (SSSR count). The van der Waals surface area contributed by atoms with Gasteiger partial charge in [-0.3, -0.25) is 0 Å². The van der Waals surface area contributed by atoms with E-state index in [0.29, 0.717) is 11.8 Å². The topological polar surface area (TPSA) is 49.7 Å². The molecule has 3 nitrogen and oxygen atoms in total. The lowest BCUT2D eigenvalue weighted by Gasteiger charge is -2.39. The largest absolute Gasteiger partial charge is 0.487 e. The van der Waals surface area contributed by atoms with Gasteiger partial charge in [0.1, 0.15) is 0 Å².